The molecule has 0 aromatic heterocycles. The molecule has 4 fully saturated rings. The van der Waals surface area contributed by atoms with Crippen LogP contribution in [-0.4, -0.2) is 18.6 Å². The normalized spacial score (nSPS) is 35.2. The summed E-state index contributed by atoms with van der Waals surface area (Å²) in [4.78, 5) is 12.5. The van der Waals surface area contributed by atoms with E-state index in [1.54, 1.807) is 0 Å². The third-order valence-electron chi connectivity index (χ3n) is 7.82. The lowest BCUT2D eigenvalue weighted by Gasteiger charge is -2.59. The van der Waals surface area contributed by atoms with E-state index in [1.165, 1.54) is 62.5 Å². The van der Waals surface area contributed by atoms with Crippen LogP contribution in [0.15, 0.2) is 18.2 Å². The molecule has 1 N–H and O–H groups in total. The third kappa shape index (κ3) is 2.93. The molecule has 1 amide bonds. The third-order valence-corrected chi connectivity index (χ3v) is 7.82. The molecule has 0 unspecified atom stereocenters. The van der Waals surface area contributed by atoms with Crippen molar-refractivity contribution in [1.29, 1.82) is 0 Å². The number of nitrogens with one attached hydrogen (secondary N) is 1. The van der Waals surface area contributed by atoms with Crippen molar-refractivity contribution in [3.8, 4) is 5.75 Å². The molecule has 1 atom stereocenters. The topological polar surface area (TPSA) is 38.3 Å². The maximum atomic E-state index is 12.5. The van der Waals surface area contributed by atoms with Gasteiger partial charge in [-0.2, -0.15) is 0 Å². The van der Waals surface area contributed by atoms with E-state index in [4.69, 9.17) is 4.74 Å². The minimum atomic E-state index is 0.0359. The summed E-state index contributed by atoms with van der Waals surface area (Å²) in [6.07, 6.45) is 11.9. The van der Waals surface area contributed by atoms with Gasteiger partial charge in [0.25, 0.3) is 5.91 Å². The highest BCUT2D eigenvalue weighted by Gasteiger charge is 2.53. The fourth-order valence-corrected chi connectivity index (χ4v) is 6.93. The average Bonchev–Trinajstić information content (AvgIpc) is 3.06. The number of carbonyl (C=O) groups excluding carboxylic acids is 1. The zero-order chi connectivity index (χ0) is 17.7. The van der Waals surface area contributed by atoms with Crippen LogP contribution in [0.3, 0.4) is 0 Å². The van der Waals surface area contributed by atoms with Crippen LogP contribution in [-0.2, 0) is 17.6 Å². The lowest BCUT2D eigenvalue weighted by atomic mass is 9.48. The van der Waals surface area contributed by atoms with Gasteiger partial charge in [0.15, 0.2) is 6.61 Å². The van der Waals surface area contributed by atoms with E-state index in [0.29, 0.717) is 5.41 Å². The lowest BCUT2D eigenvalue weighted by molar-refractivity contribution is -0.127. The van der Waals surface area contributed by atoms with Crippen LogP contribution >= 0.6 is 0 Å². The number of carbonyl (C=O) groups is 1. The summed E-state index contributed by atoms with van der Waals surface area (Å²) in [7, 11) is 0. The van der Waals surface area contributed by atoms with Gasteiger partial charge < -0.3 is 10.1 Å². The summed E-state index contributed by atoms with van der Waals surface area (Å²) in [5, 5.41) is 3.30. The minimum absolute atomic E-state index is 0.0359. The molecule has 4 bridgehead atoms. The molecule has 5 aliphatic carbocycles. The molecule has 1 aromatic rings. The molecule has 0 spiro atoms. The first-order chi connectivity index (χ1) is 12.6. The largest absolute Gasteiger partial charge is 0.484 e. The number of hydrogen-bond donors (Lipinski definition) is 1. The Morgan fingerprint density at radius 3 is 2.46 bits per heavy atom. The molecule has 0 radical (unpaired) electrons. The molecule has 0 heterocycles. The molecule has 0 aliphatic heterocycles. The van der Waals surface area contributed by atoms with Crippen LogP contribution in [0.5, 0.6) is 5.75 Å². The number of benzene rings is 1. The quantitative estimate of drug-likeness (QED) is 0.858. The highest BCUT2D eigenvalue weighted by Crippen LogP contribution is 2.61. The first-order valence-corrected chi connectivity index (χ1v) is 10.6. The Bertz CT molecular complexity index is 675. The van der Waals surface area contributed by atoms with Crippen LogP contribution in [0.1, 0.15) is 63.0 Å². The first kappa shape index (κ1) is 16.6. The average molecular weight is 354 g/mol. The van der Waals surface area contributed by atoms with Crippen molar-refractivity contribution in [2.45, 2.75) is 70.8 Å². The zero-order valence-electron chi connectivity index (χ0n) is 15.9. The summed E-state index contributed by atoms with van der Waals surface area (Å²) in [5.74, 6) is 3.63. The van der Waals surface area contributed by atoms with E-state index in [9.17, 15) is 4.79 Å². The second-order valence-corrected chi connectivity index (χ2v) is 9.64. The van der Waals surface area contributed by atoms with Crippen molar-refractivity contribution < 1.29 is 9.53 Å². The Morgan fingerprint density at radius 1 is 1.12 bits per heavy atom. The number of amides is 1. The van der Waals surface area contributed by atoms with Gasteiger partial charge in [-0.1, -0.05) is 6.07 Å². The Labute approximate surface area is 156 Å². The van der Waals surface area contributed by atoms with Gasteiger partial charge in [0.2, 0.25) is 0 Å². The van der Waals surface area contributed by atoms with Crippen LogP contribution in [0.2, 0.25) is 0 Å². The lowest BCUT2D eigenvalue weighted by Crippen LogP contribution is -2.56. The molecular weight excluding hydrogens is 322 g/mol. The maximum Gasteiger partial charge on any atom is 0.258 e. The summed E-state index contributed by atoms with van der Waals surface area (Å²) >= 11 is 0. The van der Waals surface area contributed by atoms with Gasteiger partial charge in [0.1, 0.15) is 5.75 Å². The minimum Gasteiger partial charge on any atom is -0.484 e. The second kappa shape index (κ2) is 6.28. The Balaban J connectivity index is 1.18. The second-order valence-electron chi connectivity index (χ2n) is 9.64. The highest BCUT2D eigenvalue weighted by molar-refractivity contribution is 5.78. The summed E-state index contributed by atoms with van der Waals surface area (Å²) < 4.78 is 5.80. The smallest absolute Gasteiger partial charge is 0.258 e. The van der Waals surface area contributed by atoms with E-state index >= 15 is 0 Å². The predicted octanol–water partition coefficient (Wildman–Crippen LogP) is 4.28. The SMILES string of the molecule is C[C@@H](NC(=O)COc1ccc2c(c1)CCC2)C12CC3CC(CC(C3)C1)C2. The van der Waals surface area contributed by atoms with Crippen molar-refractivity contribution in [3.63, 3.8) is 0 Å². The van der Waals surface area contributed by atoms with Gasteiger partial charge in [-0.15, -0.1) is 0 Å². The summed E-state index contributed by atoms with van der Waals surface area (Å²) in [6, 6.07) is 6.57. The van der Waals surface area contributed by atoms with Crippen molar-refractivity contribution in [3.05, 3.63) is 29.3 Å². The zero-order valence-corrected chi connectivity index (χ0v) is 15.9. The van der Waals surface area contributed by atoms with Crippen LogP contribution < -0.4 is 10.1 Å². The van der Waals surface area contributed by atoms with Gasteiger partial charge in [-0.25, -0.2) is 0 Å². The van der Waals surface area contributed by atoms with Crippen molar-refractivity contribution in [1.82, 2.24) is 5.32 Å². The Hall–Kier alpha value is -1.51. The van der Waals surface area contributed by atoms with Gasteiger partial charge in [-0.05, 0) is 111 Å². The van der Waals surface area contributed by atoms with Crippen LogP contribution in [0.4, 0.5) is 0 Å². The summed E-state index contributed by atoms with van der Waals surface area (Å²) in [6.45, 7) is 2.37. The molecule has 5 aliphatic rings. The van der Waals surface area contributed by atoms with Crippen LogP contribution in [0, 0.1) is 23.2 Å². The molecule has 26 heavy (non-hydrogen) atoms. The number of aryl methyl sites for hydroxylation is 2. The molecule has 4 saturated carbocycles. The standard InChI is InChI=1S/C23H31NO2/c1-15(23-11-16-7-17(12-23)9-18(8-16)13-23)24-22(25)14-26-21-6-5-19-3-2-4-20(19)10-21/h5-6,10,15-18H,2-4,7-9,11-14H2,1H3,(H,24,25)/t15-,16?,17?,18?,23?/m1/s1. The van der Waals surface area contributed by atoms with Crippen LogP contribution in [0.25, 0.3) is 0 Å². The van der Waals surface area contributed by atoms with Crippen molar-refractivity contribution in [2.75, 3.05) is 6.61 Å². The molecule has 140 valence electrons. The number of fused-ring (bicyclic) bond motifs is 1. The van der Waals surface area contributed by atoms with E-state index in [1.807, 2.05) is 6.07 Å². The van der Waals surface area contributed by atoms with E-state index < -0.39 is 0 Å². The molecule has 3 heteroatoms. The fourth-order valence-electron chi connectivity index (χ4n) is 6.93. The molecule has 3 nitrogen and oxygen atoms in total. The van der Waals surface area contributed by atoms with Gasteiger partial charge in [0, 0.05) is 6.04 Å². The monoisotopic (exact) mass is 353 g/mol. The summed E-state index contributed by atoms with van der Waals surface area (Å²) in [5.41, 5.74) is 3.19. The maximum absolute atomic E-state index is 12.5. The first-order valence-electron chi connectivity index (χ1n) is 10.6. The number of rotatable bonds is 5. The Kier molecular flexibility index (Phi) is 4.02. The number of hydrogen-bond acceptors (Lipinski definition) is 2. The van der Waals surface area contributed by atoms with Crippen molar-refractivity contribution >= 4 is 5.91 Å². The molecular formula is C23H31NO2. The fraction of sp³-hybridized carbons (Fsp3) is 0.696. The highest BCUT2D eigenvalue weighted by atomic mass is 16.5. The van der Waals surface area contributed by atoms with E-state index in [2.05, 4.69) is 24.4 Å². The molecule has 1 aromatic carbocycles. The van der Waals surface area contributed by atoms with Gasteiger partial charge in [-0.3, -0.25) is 4.79 Å². The van der Waals surface area contributed by atoms with E-state index in [0.717, 1.165) is 29.9 Å². The van der Waals surface area contributed by atoms with E-state index in [-0.39, 0.29) is 18.6 Å². The predicted molar refractivity (Wildman–Crippen MR) is 102 cm³/mol. The Morgan fingerprint density at radius 2 is 1.77 bits per heavy atom. The van der Waals surface area contributed by atoms with Gasteiger partial charge in [0.05, 0.1) is 0 Å². The number of ether oxygens (including phenoxy) is 1. The molecule has 6 rings (SSSR count). The van der Waals surface area contributed by atoms with Crippen molar-refractivity contribution in [2.24, 2.45) is 23.2 Å². The van der Waals surface area contributed by atoms with Gasteiger partial charge >= 0.3 is 0 Å². The molecule has 0 saturated heterocycles.